The number of nitrogens with one attached hydrogen (secondary N) is 1. The molecule has 1 radical (unpaired) electrons. The molecule has 0 atom stereocenters. The molecule has 0 fully saturated rings. The summed E-state index contributed by atoms with van der Waals surface area (Å²) in [6.07, 6.45) is 2.89. The molecule has 16 heavy (non-hydrogen) atoms. The smallest absolute Gasteiger partial charge is 0.121 e. The predicted molar refractivity (Wildman–Crippen MR) is 65.4 cm³/mol. The Balaban J connectivity index is 2.27. The van der Waals surface area contributed by atoms with Gasteiger partial charge in [0.2, 0.25) is 0 Å². The highest BCUT2D eigenvalue weighted by atomic mass is 35.5. The van der Waals surface area contributed by atoms with E-state index in [9.17, 15) is 0 Å². The van der Waals surface area contributed by atoms with Crippen molar-refractivity contribution in [2.24, 2.45) is 0 Å². The first-order chi connectivity index (χ1) is 7.84. The van der Waals surface area contributed by atoms with Crippen LogP contribution in [0.5, 0.6) is 0 Å². The normalized spacial score (nSPS) is 10.8. The fraction of sp³-hybridized carbons (Fsp3) is 0. The van der Waals surface area contributed by atoms with Gasteiger partial charge in [0, 0.05) is 10.9 Å². The van der Waals surface area contributed by atoms with Gasteiger partial charge in [-0.1, -0.05) is 41.9 Å². The third-order valence-corrected chi connectivity index (χ3v) is 2.86. The average Bonchev–Trinajstić information content (AvgIpc) is 2.76. The molecule has 0 aliphatic rings. The molecular weight excluding hydrogens is 220 g/mol. The summed E-state index contributed by atoms with van der Waals surface area (Å²) < 4.78 is 0. The Kier molecular flexibility index (Phi) is 2.15. The van der Waals surface area contributed by atoms with Crippen molar-refractivity contribution in [2.45, 2.75) is 0 Å². The van der Waals surface area contributed by atoms with Gasteiger partial charge in [-0.3, -0.25) is 5.10 Å². The van der Waals surface area contributed by atoms with Crippen molar-refractivity contribution in [3.8, 4) is 11.1 Å². The maximum Gasteiger partial charge on any atom is 0.121 e. The summed E-state index contributed by atoms with van der Waals surface area (Å²) in [5.74, 6) is 0. The highest BCUT2D eigenvalue weighted by molar-refractivity contribution is 6.34. The van der Waals surface area contributed by atoms with E-state index in [4.69, 9.17) is 11.6 Å². The molecule has 0 saturated carbocycles. The molecule has 1 N–H and O–H groups in total. The van der Waals surface area contributed by atoms with Gasteiger partial charge in [-0.25, -0.2) is 0 Å². The van der Waals surface area contributed by atoms with Gasteiger partial charge >= 0.3 is 0 Å². The number of aromatic amines is 1. The number of halogens is 1. The first kappa shape index (κ1) is 9.43. The lowest BCUT2D eigenvalue weighted by molar-refractivity contribution is 1.11. The molecule has 0 aliphatic carbocycles. The van der Waals surface area contributed by atoms with E-state index >= 15 is 0 Å². The molecule has 3 aromatic rings. The van der Waals surface area contributed by atoms with Crippen molar-refractivity contribution in [1.29, 1.82) is 0 Å². The van der Waals surface area contributed by atoms with Gasteiger partial charge in [0.1, 0.15) is 6.20 Å². The van der Waals surface area contributed by atoms with Crippen LogP contribution in [-0.2, 0) is 0 Å². The Hall–Kier alpha value is -1.80. The summed E-state index contributed by atoms with van der Waals surface area (Å²) in [4.78, 5) is 0. The zero-order valence-corrected chi connectivity index (χ0v) is 9.12. The number of aromatic nitrogens is 2. The molecule has 0 bridgehead atoms. The summed E-state index contributed by atoms with van der Waals surface area (Å²) in [7, 11) is 0. The number of fused-ring (bicyclic) bond motifs is 1. The fourth-order valence-electron chi connectivity index (χ4n) is 1.75. The minimum absolute atomic E-state index is 0.719. The van der Waals surface area contributed by atoms with E-state index < -0.39 is 0 Å². The highest BCUT2D eigenvalue weighted by Crippen LogP contribution is 2.30. The highest BCUT2D eigenvalue weighted by Gasteiger charge is 2.06. The number of benzene rings is 2. The molecule has 2 aromatic carbocycles. The van der Waals surface area contributed by atoms with Crippen molar-refractivity contribution in [2.75, 3.05) is 0 Å². The van der Waals surface area contributed by atoms with Crippen molar-refractivity contribution in [3.63, 3.8) is 0 Å². The van der Waals surface area contributed by atoms with Gasteiger partial charge in [0.25, 0.3) is 0 Å². The van der Waals surface area contributed by atoms with E-state index in [0.29, 0.717) is 0 Å². The van der Waals surface area contributed by atoms with Crippen LogP contribution >= 0.6 is 11.6 Å². The van der Waals surface area contributed by atoms with Crippen LogP contribution in [0.1, 0.15) is 0 Å². The monoisotopic (exact) mass is 227 g/mol. The van der Waals surface area contributed by atoms with Crippen molar-refractivity contribution in [3.05, 3.63) is 53.7 Å². The van der Waals surface area contributed by atoms with Crippen LogP contribution in [0.4, 0.5) is 0 Å². The Bertz CT molecular complexity index is 629. The molecule has 1 aromatic heterocycles. The summed E-state index contributed by atoms with van der Waals surface area (Å²) >= 11 is 6.23. The Labute approximate surface area is 97.9 Å². The van der Waals surface area contributed by atoms with E-state index in [-0.39, 0.29) is 0 Å². The van der Waals surface area contributed by atoms with Crippen LogP contribution in [0.15, 0.2) is 42.5 Å². The zero-order chi connectivity index (χ0) is 11.0. The summed E-state index contributed by atoms with van der Waals surface area (Å²) in [5.41, 5.74) is 3.01. The topological polar surface area (TPSA) is 28.7 Å². The van der Waals surface area contributed by atoms with Gasteiger partial charge in [0.15, 0.2) is 0 Å². The largest absolute Gasteiger partial charge is 0.277 e. The predicted octanol–water partition coefficient (Wildman–Crippen LogP) is 3.68. The van der Waals surface area contributed by atoms with Gasteiger partial charge in [0.05, 0.1) is 10.5 Å². The van der Waals surface area contributed by atoms with Crippen LogP contribution in [0.25, 0.3) is 22.0 Å². The zero-order valence-electron chi connectivity index (χ0n) is 8.37. The lowest BCUT2D eigenvalue weighted by Gasteiger charge is -2.04. The lowest BCUT2D eigenvalue weighted by atomic mass is 10.0. The van der Waals surface area contributed by atoms with E-state index in [1.807, 2.05) is 42.5 Å². The summed E-state index contributed by atoms with van der Waals surface area (Å²) in [5, 5.41) is 8.38. The molecular formula is C13H8ClN2. The molecule has 0 saturated heterocycles. The minimum Gasteiger partial charge on any atom is -0.277 e. The van der Waals surface area contributed by atoms with Crippen LogP contribution in [0.2, 0.25) is 5.02 Å². The third kappa shape index (κ3) is 1.48. The Morgan fingerprint density at radius 1 is 1.12 bits per heavy atom. The average molecular weight is 228 g/mol. The second-order valence-electron chi connectivity index (χ2n) is 3.58. The van der Waals surface area contributed by atoms with Crippen LogP contribution < -0.4 is 0 Å². The molecule has 77 valence electrons. The number of nitrogens with zero attached hydrogens (tertiary/aromatic N) is 1. The van der Waals surface area contributed by atoms with Crippen LogP contribution in [0.3, 0.4) is 0 Å². The van der Waals surface area contributed by atoms with E-state index in [1.54, 1.807) is 0 Å². The number of rotatable bonds is 1. The van der Waals surface area contributed by atoms with E-state index in [1.165, 1.54) is 0 Å². The summed E-state index contributed by atoms with van der Waals surface area (Å²) in [6, 6.07) is 13.9. The Morgan fingerprint density at radius 2 is 1.94 bits per heavy atom. The standard InChI is InChI=1S/C13H8ClN2/c14-12-7-13-10(8-15-16-13)6-11(12)9-4-2-1-3-5-9/h1-7H,(H,15,16). The molecule has 2 nitrogen and oxygen atoms in total. The second kappa shape index (κ2) is 3.65. The van der Waals surface area contributed by atoms with Crippen LogP contribution in [0, 0.1) is 6.20 Å². The van der Waals surface area contributed by atoms with Gasteiger partial charge in [-0.15, -0.1) is 0 Å². The van der Waals surface area contributed by atoms with Gasteiger partial charge in [-0.2, -0.15) is 5.10 Å². The molecule has 0 amide bonds. The molecule has 3 rings (SSSR count). The number of H-pyrrole nitrogens is 1. The minimum atomic E-state index is 0.719. The molecule has 3 heteroatoms. The van der Waals surface area contributed by atoms with Gasteiger partial charge < -0.3 is 0 Å². The molecule has 0 aliphatic heterocycles. The number of hydrogen-bond acceptors (Lipinski definition) is 1. The van der Waals surface area contributed by atoms with Crippen molar-refractivity contribution >= 4 is 22.5 Å². The second-order valence-corrected chi connectivity index (χ2v) is 3.99. The van der Waals surface area contributed by atoms with Crippen molar-refractivity contribution in [1.82, 2.24) is 10.2 Å². The van der Waals surface area contributed by atoms with E-state index in [2.05, 4.69) is 16.4 Å². The number of hydrogen-bond donors (Lipinski definition) is 1. The van der Waals surface area contributed by atoms with E-state index in [0.717, 1.165) is 27.1 Å². The quantitative estimate of drug-likeness (QED) is 0.675. The first-order valence-corrected chi connectivity index (χ1v) is 5.33. The fourth-order valence-corrected chi connectivity index (χ4v) is 2.02. The molecule has 0 spiro atoms. The SMILES string of the molecule is Clc1cc2[nH]n[c]c2cc1-c1ccccc1. The maximum absolute atomic E-state index is 6.23. The Morgan fingerprint density at radius 3 is 2.75 bits per heavy atom. The van der Waals surface area contributed by atoms with Crippen molar-refractivity contribution < 1.29 is 0 Å². The first-order valence-electron chi connectivity index (χ1n) is 4.95. The molecule has 1 heterocycles. The lowest BCUT2D eigenvalue weighted by Crippen LogP contribution is -1.79. The third-order valence-electron chi connectivity index (χ3n) is 2.54. The maximum atomic E-state index is 6.23. The van der Waals surface area contributed by atoms with Crippen LogP contribution in [-0.4, -0.2) is 10.2 Å². The summed E-state index contributed by atoms with van der Waals surface area (Å²) in [6.45, 7) is 0. The van der Waals surface area contributed by atoms with Gasteiger partial charge in [-0.05, 0) is 17.7 Å². The molecule has 0 unspecified atom stereocenters.